The van der Waals surface area contributed by atoms with Gasteiger partial charge < -0.3 is 34.9 Å². The van der Waals surface area contributed by atoms with E-state index < -0.39 is 12.2 Å². The third kappa shape index (κ3) is 11.2. The minimum absolute atomic E-state index is 0.197. The standard InChI is InChI=1S/C27H43N3O6/c1-7-10-11-23(28-4)19-30-26(31)22-16-21(17-24(18-22)35-15-14-33-5)25(20(8-2)9-3)36-13-12-29-27(32)34-6/h8-9,16-18,23,25,28H,2,7,10-15,19H2,1,3-6H3,(H,29,32)(H,30,31)/b20-9+/t23-,25?/m0/s1. The zero-order chi connectivity index (χ0) is 26.8. The van der Waals surface area contributed by atoms with E-state index in [0.29, 0.717) is 31.1 Å². The summed E-state index contributed by atoms with van der Waals surface area (Å²) in [6.07, 6.45) is 5.74. The summed E-state index contributed by atoms with van der Waals surface area (Å²) in [4.78, 5) is 24.5. The molecule has 9 nitrogen and oxygen atoms in total. The van der Waals surface area contributed by atoms with Crippen molar-refractivity contribution in [2.45, 2.75) is 45.3 Å². The maximum atomic E-state index is 13.1. The van der Waals surface area contributed by atoms with Crippen molar-refractivity contribution < 1.29 is 28.5 Å². The van der Waals surface area contributed by atoms with Crippen molar-refractivity contribution in [2.75, 3.05) is 54.2 Å². The monoisotopic (exact) mass is 505 g/mol. The van der Waals surface area contributed by atoms with Gasteiger partial charge in [-0.25, -0.2) is 4.79 Å². The van der Waals surface area contributed by atoms with Gasteiger partial charge in [0.2, 0.25) is 0 Å². The zero-order valence-corrected chi connectivity index (χ0v) is 22.4. The first kappa shape index (κ1) is 31.2. The Hall–Kier alpha value is -2.88. The summed E-state index contributed by atoms with van der Waals surface area (Å²) in [5, 5.41) is 8.89. The highest BCUT2D eigenvalue weighted by atomic mass is 16.5. The first-order chi connectivity index (χ1) is 17.4. The van der Waals surface area contributed by atoms with Crippen LogP contribution in [0, 0.1) is 0 Å². The molecule has 1 rings (SSSR count). The molecule has 202 valence electrons. The lowest BCUT2D eigenvalue weighted by Gasteiger charge is -2.22. The van der Waals surface area contributed by atoms with E-state index in [0.717, 1.165) is 30.4 Å². The molecule has 2 atom stereocenters. The van der Waals surface area contributed by atoms with Gasteiger partial charge in [-0.2, -0.15) is 0 Å². The molecule has 0 aliphatic rings. The maximum absolute atomic E-state index is 13.1. The lowest BCUT2D eigenvalue weighted by atomic mass is 9.98. The molecular weight excluding hydrogens is 462 g/mol. The van der Waals surface area contributed by atoms with E-state index in [1.165, 1.54) is 7.11 Å². The van der Waals surface area contributed by atoms with Crippen LogP contribution in [0.3, 0.4) is 0 Å². The minimum Gasteiger partial charge on any atom is -0.491 e. The Kier molecular flexibility index (Phi) is 15.9. The molecule has 3 N–H and O–H groups in total. The third-order valence-corrected chi connectivity index (χ3v) is 5.59. The van der Waals surface area contributed by atoms with Crippen molar-refractivity contribution in [2.24, 2.45) is 0 Å². The van der Waals surface area contributed by atoms with Crippen LogP contribution in [-0.2, 0) is 14.2 Å². The van der Waals surface area contributed by atoms with Crippen LogP contribution in [0.1, 0.15) is 55.1 Å². The number of hydrogen-bond acceptors (Lipinski definition) is 7. The fourth-order valence-corrected chi connectivity index (χ4v) is 3.51. The molecule has 0 heterocycles. The summed E-state index contributed by atoms with van der Waals surface area (Å²) >= 11 is 0. The second-order valence-corrected chi connectivity index (χ2v) is 8.13. The molecule has 1 unspecified atom stereocenters. The number of alkyl carbamates (subject to hydrolysis) is 1. The van der Waals surface area contributed by atoms with Crippen molar-refractivity contribution in [1.29, 1.82) is 0 Å². The highest BCUT2D eigenvalue weighted by Gasteiger charge is 2.20. The third-order valence-electron chi connectivity index (χ3n) is 5.59. The molecule has 2 amide bonds. The molecule has 0 spiro atoms. The van der Waals surface area contributed by atoms with E-state index in [1.807, 2.05) is 26.1 Å². The van der Waals surface area contributed by atoms with Crippen molar-refractivity contribution in [3.05, 3.63) is 53.6 Å². The molecule has 0 aromatic heterocycles. The number of carbonyl (C=O) groups excluding carboxylic acids is 2. The van der Waals surface area contributed by atoms with E-state index in [9.17, 15) is 9.59 Å². The first-order valence-corrected chi connectivity index (χ1v) is 12.4. The van der Waals surface area contributed by atoms with Crippen LogP contribution in [0.5, 0.6) is 5.75 Å². The summed E-state index contributed by atoms with van der Waals surface area (Å²) in [6, 6.07) is 5.55. The molecule has 0 aliphatic heterocycles. The Labute approximate surface area is 215 Å². The van der Waals surface area contributed by atoms with Crippen LogP contribution in [0.15, 0.2) is 42.5 Å². The SMILES string of the molecule is C=C/C(=C\C)C(OCCNC(=O)OC)c1cc(OCCOC)cc(C(=O)NC[C@H](CCCC)NC)c1. The second kappa shape index (κ2) is 18.4. The summed E-state index contributed by atoms with van der Waals surface area (Å²) in [7, 11) is 4.81. The maximum Gasteiger partial charge on any atom is 0.406 e. The lowest BCUT2D eigenvalue weighted by Crippen LogP contribution is -2.39. The van der Waals surface area contributed by atoms with E-state index >= 15 is 0 Å². The van der Waals surface area contributed by atoms with E-state index in [2.05, 4.69) is 34.2 Å². The topological polar surface area (TPSA) is 107 Å². The van der Waals surface area contributed by atoms with Crippen LogP contribution < -0.4 is 20.7 Å². The van der Waals surface area contributed by atoms with Crippen molar-refractivity contribution in [1.82, 2.24) is 16.0 Å². The Balaban J connectivity index is 3.18. The highest BCUT2D eigenvalue weighted by molar-refractivity contribution is 5.94. The van der Waals surface area contributed by atoms with Gasteiger partial charge in [-0.1, -0.05) is 38.5 Å². The lowest BCUT2D eigenvalue weighted by molar-refractivity contribution is 0.0796. The van der Waals surface area contributed by atoms with Crippen LogP contribution >= 0.6 is 0 Å². The molecule has 9 heteroatoms. The summed E-state index contributed by atoms with van der Waals surface area (Å²) < 4.78 is 21.7. The molecule has 0 aliphatic carbocycles. The summed E-state index contributed by atoms with van der Waals surface area (Å²) in [5.41, 5.74) is 2.02. The number of amides is 2. The van der Waals surface area contributed by atoms with Crippen LogP contribution in [-0.4, -0.2) is 72.2 Å². The predicted molar refractivity (Wildman–Crippen MR) is 142 cm³/mol. The molecule has 0 bridgehead atoms. The molecular formula is C27H43N3O6. The molecule has 0 fully saturated rings. The van der Waals surface area contributed by atoms with Gasteiger partial charge in [0.25, 0.3) is 5.91 Å². The van der Waals surface area contributed by atoms with Gasteiger partial charge in [0, 0.05) is 31.8 Å². The Morgan fingerprint density at radius 3 is 2.50 bits per heavy atom. The van der Waals surface area contributed by atoms with Gasteiger partial charge >= 0.3 is 6.09 Å². The molecule has 0 saturated heterocycles. The van der Waals surface area contributed by atoms with Crippen molar-refractivity contribution in [3.63, 3.8) is 0 Å². The average Bonchev–Trinajstić information content (AvgIpc) is 2.90. The number of rotatable bonds is 18. The van der Waals surface area contributed by atoms with Crippen molar-refractivity contribution >= 4 is 12.0 Å². The Morgan fingerprint density at radius 1 is 1.11 bits per heavy atom. The van der Waals surface area contributed by atoms with Gasteiger partial charge in [-0.3, -0.25) is 4.79 Å². The molecule has 1 aromatic rings. The van der Waals surface area contributed by atoms with Gasteiger partial charge in [-0.15, -0.1) is 0 Å². The van der Waals surface area contributed by atoms with Crippen molar-refractivity contribution in [3.8, 4) is 5.75 Å². The van der Waals surface area contributed by atoms with Crippen LogP contribution in [0.2, 0.25) is 0 Å². The number of methoxy groups -OCH3 is 2. The number of unbranched alkanes of at least 4 members (excludes halogenated alkanes) is 1. The molecule has 1 aromatic carbocycles. The Morgan fingerprint density at radius 2 is 1.89 bits per heavy atom. The number of benzene rings is 1. The molecule has 36 heavy (non-hydrogen) atoms. The van der Waals surface area contributed by atoms with E-state index in [1.54, 1.807) is 25.3 Å². The number of allylic oxidation sites excluding steroid dienone is 1. The van der Waals surface area contributed by atoms with E-state index in [4.69, 9.17) is 14.2 Å². The molecule has 0 saturated carbocycles. The quantitative estimate of drug-likeness (QED) is 0.206. The summed E-state index contributed by atoms with van der Waals surface area (Å²) in [6.45, 7) is 9.70. The fraction of sp³-hybridized carbons (Fsp3) is 0.556. The minimum atomic E-state index is -0.531. The second-order valence-electron chi connectivity index (χ2n) is 8.13. The Bertz CT molecular complexity index is 843. The first-order valence-electron chi connectivity index (χ1n) is 12.4. The zero-order valence-electron chi connectivity index (χ0n) is 22.4. The van der Waals surface area contributed by atoms with Gasteiger partial charge in [0.05, 0.1) is 20.3 Å². The average molecular weight is 506 g/mol. The normalized spacial score (nSPS) is 13.0. The fourth-order valence-electron chi connectivity index (χ4n) is 3.51. The number of carbonyl (C=O) groups is 2. The predicted octanol–water partition coefficient (Wildman–Crippen LogP) is 3.77. The van der Waals surface area contributed by atoms with Gasteiger partial charge in [0.1, 0.15) is 18.5 Å². The summed E-state index contributed by atoms with van der Waals surface area (Å²) in [5.74, 6) is 0.337. The number of likely N-dealkylation sites (N-methyl/N-ethyl adjacent to an activating group) is 1. The number of nitrogens with one attached hydrogen (secondary N) is 3. The highest BCUT2D eigenvalue weighted by Crippen LogP contribution is 2.30. The van der Waals surface area contributed by atoms with Gasteiger partial charge in [-0.05, 0) is 49.7 Å². The van der Waals surface area contributed by atoms with E-state index in [-0.39, 0.29) is 25.1 Å². The molecule has 0 radical (unpaired) electrons. The van der Waals surface area contributed by atoms with Crippen LogP contribution in [0.4, 0.5) is 4.79 Å². The van der Waals surface area contributed by atoms with Gasteiger partial charge in [0.15, 0.2) is 0 Å². The van der Waals surface area contributed by atoms with Crippen LogP contribution in [0.25, 0.3) is 0 Å². The largest absolute Gasteiger partial charge is 0.491 e. The number of ether oxygens (including phenoxy) is 4. The smallest absolute Gasteiger partial charge is 0.406 e. The number of hydrogen-bond donors (Lipinski definition) is 3.